The summed E-state index contributed by atoms with van der Waals surface area (Å²) in [6.07, 6.45) is 0. The number of benzene rings is 3. The fraction of sp³-hybridized carbons (Fsp3) is 0. The van der Waals surface area contributed by atoms with Crippen LogP contribution in [0.1, 0.15) is 31.1 Å². The predicted octanol–water partition coefficient (Wildman–Crippen LogP) is -11.6. The van der Waals surface area contributed by atoms with Crippen LogP contribution in [0.5, 0.6) is 17.2 Å². The van der Waals surface area contributed by atoms with Gasteiger partial charge in [0.15, 0.2) is 0 Å². The van der Waals surface area contributed by atoms with Crippen LogP contribution in [0.2, 0.25) is 0 Å². The first kappa shape index (κ1) is 48.6. The SMILES string of the molecule is O=C(O)c1cc(S(=O)(=O)O)cc(N=c2[nH]c(=Nc3cc(S(=O)(=O)O)cc(C(=O)O)c3[O-])[nH]c(=Nc3cc(S(=O)(=O)O)cc(C(=O)O)c3[O-])[nH]2)c1[O-].[Na+].[Na+].[Na+]. The van der Waals surface area contributed by atoms with Crippen molar-refractivity contribution in [1.82, 2.24) is 15.0 Å². The number of nitrogens with zero attached hydrogens (tertiary/aromatic N) is 3. The second kappa shape index (κ2) is 18.0. The maximum Gasteiger partial charge on any atom is 1.00 e. The summed E-state index contributed by atoms with van der Waals surface area (Å²) < 4.78 is 98.9. The molecule has 270 valence electrons. The van der Waals surface area contributed by atoms with E-state index in [1.807, 2.05) is 0 Å². The Labute approximate surface area is 365 Å². The normalized spacial score (nSPS) is 11.2. The second-order valence-electron chi connectivity index (χ2n) is 9.55. The van der Waals surface area contributed by atoms with Crippen LogP contribution in [0, 0.1) is 0 Å². The number of aromatic nitrogens is 3. The summed E-state index contributed by atoms with van der Waals surface area (Å²) in [6.45, 7) is 0. The summed E-state index contributed by atoms with van der Waals surface area (Å²) in [6, 6.07) is 2.06. The summed E-state index contributed by atoms with van der Waals surface area (Å²) in [5, 5.41) is 66.5. The first-order chi connectivity index (χ1) is 23.4. The maximum absolute atomic E-state index is 12.8. The third-order valence-corrected chi connectivity index (χ3v) is 8.61. The maximum atomic E-state index is 12.8. The van der Waals surface area contributed by atoms with Crippen molar-refractivity contribution in [3.63, 3.8) is 0 Å². The monoisotopic (exact) mass is 840 g/mol. The standard InChI is InChI=1S/C24H18N6O18S3.3Na/c31-16-10(19(34)35)1-7(49(40,41)42)4-13(16)25-22-28-23(26-14-5-8(50(43,44)45)2-11(17(14)32)20(36)37)30-24(29-22)27-15-6-9(51(46,47)48)3-12(18(15)33)21(38)39;;;/h1-6,31-33H,(H,34,35)(H,36,37)(H,38,39)(H,40,41,42)(H,43,44,45)(H,46,47,48)(H3,25,26,27,28,29,30);;;/q;3*+1/p-3. The van der Waals surface area contributed by atoms with Crippen molar-refractivity contribution in [2.24, 2.45) is 15.0 Å². The van der Waals surface area contributed by atoms with Gasteiger partial charge in [0, 0.05) is 0 Å². The minimum atomic E-state index is -5.18. The van der Waals surface area contributed by atoms with Gasteiger partial charge in [-0.1, -0.05) is 17.2 Å². The largest absolute Gasteiger partial charge is 1.00 e. The minimum Gasteiger partial charge on any atom is -0.870 e. The molecule has 30 heteroatoms. The molecule has 0 aliphatic rings. The molecule has 9 N–H and O–H groups in total. The van der Waals surface area contributed by atoms with Crippen molar-refractivity contribution in [3.8, 4) is 17.2 Å². The third-order valence-electron chi connectivity index (χ3n) is 6.12. The Balaban J connectivity index is 0.00000486. The molecule has 0 saturated heterocycles. The average molecular weight is 841 g/mol. The molecule has 1 aromatic heterocycles. The molecule has 0 fully saturated rings. The fourth-order valence-electron chi connectivity index (χ4n) is 3.90. The van der Waals surface area contributed by atoms with Crippen molar-refractivity contribution < 1.29 is 173 Å². The molecule has 4 aromatic rings. The average Bonchev–Trinajstić information content (AvgIpc) is 2.98. The molecule has 4 rings (SSSR count). The van der Waals surface area contributed by atoms with Crippen molar-refractivity contribution >= 4 is 65.3 Å². The molecule has 0 amide bonds. The Hall–Kier alpha value is -3.39. The van der Waals surface area contributed by atoms with E-state index in [0.717, 1.165) is 0 Å². The predicted molar refractivity (Wildman–Crippen MR) is 153 cm³/mol. The molecule has 0 aliphatic carbocycles. The van der Waals surface area contributed by atoms with E-state index in [1.54, 1.807) is 0 Å². The van der Waals surface area contributed by atoms with Gasteiger partial charge in [-0.2, -0.15) is 25.3 Å². The van der Waals surface area contributed by atoms with Gasteiger partial charge in [0.1, 0.15) is 0 Å². The van der Waals surface area contributed by atoms with Crippen LogP contribution in [-0.2, 0) is 30.4 Å². The molecule has 0 spiro atoms. The number of aromatic amines is 3. The van der Waals surface area contributed by atoms with Gasteiger partial charge >= 0.3 is 107 Å². The number of carbonyl (C=O) groups is 3. The minimum absolute atomic E-state index is 0. The van der Waals surface area contributed by atoms with Gasteiger partial charge in [0.25, 0.3) is 30.4 Å². The van der Waals surface area contributed by atoms with Crippen LogP contribution in [-0.4, -0.2) is 87.1 Å². The zero-order valence-electron chi connectivity index (χ0n) is 27.1. The molecule has 0 atom stereocenters. The number of carboxylic acids is 3. The van der Waals surface area contributed by atoms with Crippen LogP contribution in [0.25, 0.3) is 0 Å². The van der Waals surface area contributed by atoms with E-state index in [-0.39, 0.29) is 88.7 Å². The van der Waals surface area contributed by atoms with Gasteiger partial charge in [0.2, 0.25) is 16.9 Å². The van der Waals surface area contributed by atoms with E-state index < -0.39 is 131 Å². The molecule has 0 unspecified atom stereocenters. The second-order valence-corrected chi connectivity index (χ2v) is 13.8. The number of nitrogens with one attached hydrogen (secondary N) is 3. The van der Waals surface area contributed by atoms with Crippen LogP contribution in [0.3, 0.4) is 0 Å². The summed E-state index contributed by atoms with van der Waals surface area (Å²) in [5.41, 5.74) is -9.39. The Morgan fingerprint density at radius 3 is 0.833 bits per heavy atom. The molecule has 3 aromatic carbocycles. The molecule has 24 nitrogen and oxygen atoms in total. The number of rotatable bonds is 9. The summed E-state index contributed by atoms with van der Waals surface area (Å²) in [5.74, 6) is -10.3. The molecule has 54 heavy (non-hydrogen) atoms. The quantitative estimate of drug-likeness (QED) is 0.0558. The first-order valence-corrected chi connectivity index (χ1v) is 16.9. The van der Waals surface area contributed by atoms with Gasteiger partial charge in [-0.25, -0.2) is 29.4 Å². The van der Waals surface area contributed by atoms with Gasteiger partial charge < -0.3 is 30.6 Å². The van der Waals surface area contributed by atoms with Gasteiger partial charge in [0.05, 0.1) is 48.4 Å². The Kier molecular flexibility index (Phi) is 16.2. The van der Waals surface area contributed by atoms with Gasteiger partial charge in [-0.05, 0) is 36.4 Å². The van der Waals surface area contributed by atoms with Crippen molar-refractivity contribution in [1.29, 1.82) is 0 Å². The smallest absolute Gasteiger partial charge is 0.870 e. The van der Waals surface area contributed by atoms with Crippen molar-refractivity contribution in [2.75, 3.05) is 0 Å². The molecule has 0 saturated carbocycles. The Bertz CT molecular complexity index is 2440. The zero-order valence-corrected chi connectivity index (χ0v) is 35.6. The molecule has 1 heterocycles. The number of hydrogen-bond acceptors (Lipinski definition) is 15. The number of aromatic carboxylic acids is 3. The molecule has 0 bridgehead atoms. The molecular weight excluding hydrogens is 825 g/mol. The van der Waals surface area contributed by atoms with Crippen LogP contribution in [0.4, 0.5) is 17.1 Å². The van der Waals surface area contributed by atoms with Crippen LogP contribution in [0.15, 0.2) is 66.1 Å². The summed E-state index contributed by atoms with van der Waals surface area (Å²) in [4.78, 5) is 49.1. The van der Waals surface area contributed by atoms with E-state index >= 15 is 0 Å². The van der Waals surface area contributed by atoms with E-state index in [0.29, 0.717) is 36.4 Å². The molecular formula is C24H15N6Na3O18S3. The van der Waals surface area contributed by atoms with Gasteiger partial charge in [-0.3, -0.25) is 28.6 Å². The molecule has 0 aliphatic heterocycles. The number of carboxylic acid groups (broad SMARTS) is 3. The van der Waals surface area contributed by atoms with Crippen molar-refractivity contribution in [3.05, 3.63) is 69.9 Å². The van der Waals surface area contributed by atoms with E-state index in [9.17, 15) is 83.9 Å². The first-order valence-electron chi connectivity index (χ1n) is 12.6. The van der Waals surface area contributed by atoms with Crippen molar-refractivity contribution in [2.45, 2.75) is 14.7 Å². The zero-order chi connectivity index (χ0) is 38.4. The number of hydrogen-bond donors (Lipinski definition) is 9. The summed E-state index contributed by atoms with van der Waals surface area (Å²) in [7, 11) is -15.5. The number of H-pyrrole nitrogens is 3. The van der Waals surface area contributed by atoms with Gasteiger partial charge in [-0.15, -0.1) is 0 Å². The topological polar surface area (TPSA) is 429 Å². The Morgan fingerprint density at radius 1 is 0.463 bits per heavy atom. The van der Waals surface area contributed by atoms with E-state index in [4.69, 9.17) is 0 Å². The van der Waals surface area contributed by atoms with E-state index in [1.165, 1.54) is 0 Å². The van der Waals surface area contributed by atoms with Crippen LogP contribution >= 0.6 is 0 Å². The van der Waals surface area contributed by atoms with E-state index in [2.05, 4.69) is 29.9 Å². The Morgan fingerprint density at radius 2 is 0.667 bits per heavy atom. The van der Waals surface area contributed by atoms with Crippen LogP contribution < -0.4 is 121 Å². The molecule has 0 radical (unpaired) electrons. The fourth-order valence-corrected chi connectivity index (χ4v) is 5.48. The summed E-state index contributed by atoms with van der Waals surface area (Å²) >= 11 is 0. The third kappa shape index (κ3) is 11.3.